The third-order valence-corrected chi connectivity index (χ3v) is 14.0. The second-order valence-corrected chi connectivity index (χ2v) is 21.0. The first kappa shape index (κ1) is 61.7. The molecule has 0 spiro atoms. The van der Waals surface area contributed by atoms with Crippen LogP contribution in [0.2, 0.25) is 0 Å². The summed E-state index contributed by atoms with van der Waals surface area (Å²) < 4.78 is 0. The molecule has 0 aliphatic carbocycles. The molecular weight excluding hydrogens is 867 g/mol. The van der Waals surface area contributed by atoms with Gasteiger partial charge >= 0.3 is 0 Å². The Labute approximate surface area is 400 Å². The summed E-state index contributed by atoms with van der Waals surface area (Å²) in [7, 11) is 6.28. The maximum atomic E-state index is 13.6. The first-order chi connectivity index (χ1) is 30.9. The summed E-state index contributed by atoms with van der Waals surface area (Å²) in [6.45, 7) is 13.6. The van der Waals surface area contributed by atoms with E-state index in [2.05, 4.69) is 40.4 Å². The minimum absolute atomic E-state index is 0.0218. The van der Waals surface area contributed by atoms with Crippen molar-refractivity contribution >= 4 is 68.7 Å². The summed E-state index contributed by atoms with van der Waals surface area (Å²) in [5.74, 6) is -1.73. The molecule has 0 radical (unpaired) electrons. The monoisotopic (exact) mass is 956 g/mol. The summed E-state index contributed by atoms with van der Waals surface area (Å²) in [6.07, 6.45) is 18.7. The van der Waals surface area contributed by atoms with Gasteiger partial charge in [-0.1, -0.05) is 140 Å². The van der Waals surface area contributed by atoms with Gasteiger partial charge in [-0.15, -0.1) is 0 Å². The summed E-state index contributed by atoms with van der Waals surface area (Å²) >= 11 is 0. The molecule has 0 bridgehead atoms. The number of Topliss-reactive ketones (excluding diaryl/α,β-unsaturated/α-hetero) is 1. The molecule has 0 aromatic rings. The van der Waals surface area contributed by atoms with E-state index in [1.54, 1.807) is 42.4 Å². The topological polar surface area (TPSA) is 203 Å². The lowest BCUT2D eigenvalue weighted by molar-refractivity contribution is -0.140. The number of likely N-dealkylation sites (N-methyl/N-ethyl adjacent to an activating group) is 2. The first-order valence-corrected chi connectivity index (χ1v) is 27.0. The van der Waals surface area contributed by atoms with Gasteiger partial charge in [0.1, 0.15) is 6.04 Å². The molecule has 0 aromatic heterocycles. The van der Waals surface area contributed by atoms with Crippen molar-refractivity contribution in [2.75, 3.05) is 52.6 Å². The van der Waals surface area contributed by atoms with Crippen LogP contribution in [-0.2, 0) is 38.4 Å². The van der Waals surface area contributed by atoms with Gasteiger partial charge in [-0.25, -0.2) is 0 Å². The van der Waals surface area contributed by atoms with E-state index in [1.165, 1.54) is 88.1 Å². The molecule has 17 heteroatoms. The van der Waals surface area contributed by atoms with E-state index in [0.717, 1.165) is 25.0 Å². The fourth-order valence-electron chi connectivity index (χ4n) is 6.87. The number of hydrogen-bond acceptors (Lipinski definition) is 10. The number of unbranched alkanes of at least 4 members (excludes halogenated alkanes) is 13. The average Bonchev–Trinajstić information content (AvgIpc) is 3.25. The molecule has 0 aromatic carbocycles. The maximum absolute atomic E-state index is 13.6. The third kappa shape index (κ3) is 33.7. The van der Waals surface area contributed by atoms with E-state index in [4.69, 9.17) is 0 Å². The van der Waals surface area contributed by atoms with Crippen LogP contribution in [0.4, 0.5) is 0 Å². The number of amides is 7. The molecule has 3 atom stereocenters. The van der Waals surface area contributed by atoms with Crippen molar-refractivity contribution in [1.29, 1.82) is 0 Å². The van der Waals surface area contributed by atoms with Gasteiger partial charge in [0, 0.05) is 75.8 Å². The van der Waals surface area contributed by atoms with E-state index in [1.807, 2.05) is 13.8 Å². The largest absolute Gasteiger partial charge is 0.356 e. The second-order valence-electron chi connectivity index (χ2n) is 18.1. The Kier molecular flexibility index (Phi) is 36.7. The molecule has 0 aliphatic heterocycles. The highest BCUT2D eigenvalue weighted by Gasteiger charge is 2.27. The standard InChI is InChI=1S/C48H89N7O8S2/c1-10-11-12-13-14-15-16-17-18-19-20-21-22-26-41(56)50-31-29-45(60)54(8)34-44(59)53-40(48(63)55(9)35-43(58)52-39(7)46(61)36(2)3)25-23-24-30-49-42(57)28-27-38(6)65-64-33-32-51-47(62)37(4)5/h36-40H,10-35H2,1-9H3,(H,49,57)(H,50,56)(H,51,62)(H,52,58)(H,53,59)/t38?,39-,40-/m0/s1. The maximum Gasteiger partial charge on any atom is 0.245 e. The van der Waals surface area contributed by atoms with Crippen LogP contribution in [0, 0.1) is 11.8 Å². The van der Waals surface area contributed by atoms with Gasteiger partial charge in [-0.3, -0.25) is 38.4 Å². The van der Waals surface area contributed by atoms with E-state index >= 15 is 0 Å². The highest BCUT2D eigenvalue weighted by atomic mass is 33.1. The Bertz CT molecular complexity index is 1400. The fraction of sp³-hybridized carbons (Fsp3) is 0.833. The van der Waals surface area contributed by atoms with E-state index < -0.39 is 29.8 Å². The minimum Gasteiger partial charge on any atom is -0.356 e. The van der Waals surface area contributed by atoms with Gasteiger partial charge in [0.05, 0.1) is 19.1 Å². The summed E-state index contributed by atoms with van der Waals surface area (Å²) in [5.41, 5.74) is 0. The third-order valence-electron chi connectivity index (χ3n) is 11.0. The zero-order valence-electron chi connectivity index (χ0n) is 41.7. The van der Waals surface area contributed by atoms with Crippen molar-refractivity contribution < 1.29 is 38.4 Å². The zero-order chi connectivity index (χ0) is 49.0. The second kappa shape index (κ2) is 38.7. The number of nitrogens with one attached hydrogen (secondary N) is 5. The average molecular weight is 956 g/mol. The van der Waals surface area contributed by atoms with Crippen LogP contribution >= 0.6 is 21.6 Å². The molecular formula is C48H89N7O8S2. The van der Waals surface area contributed by atoms with Crippen molar-refractivity contribution in [3.05, 3.63) is 0 Å². The smallest absolute Gasteiger partial charge is 0.245 e. The molecule has 0 fully saturated rings. The molecule has 5 N–H and O–H groups in total. The normalized spacial score (nSPS) is 12.5. The van der Waals surface area contributed by atoms with Crippen molar-refractivity contribution in [3.8, 4) is 0 Å². The minimum atomic E-state index is -1.01. The van der Waals surface area contributed by atoms with Crippen LogP contribution in [0.1, 0.15) is 177 Å². The van der Waals surface area contributed by atoms with Gasteiger partial charge in [0.25, 0.3) is 0 Å². The van der Waals surface area contributed by atoms with Crippen LogP contribution < -0.4 is 26.6 Å². The Balaban J connectivity index is 4.86. The van der Waals surface area contributed by atoms with E-state index in [0.29, 0.717) is 45.2 Å². The van der Waals surface area contributed by atoms with Crippen molar-refractivity contribution in [2.24, 2.45) is 11.8 Å². The first-order valence-electron chi connectivity index (χ1n) is 24.6. The fourth-order valence-corrected chi connectivity index (χ4v) is 9.12. The van der Waals surface area contributed by atoms with Crippen molar-refractivity contribution in [2.45, 2.75) is 194 Å². The Morgan fingerprint density at radius 2 is 1.05 bits per heavy atom. The van der Waals surface area contributed by atoms with Crippen molar-refractivity contribution in [3.63, 3.8) is 0 Å². The van der Waals surface area contributed by atoms with Crippen molar-refractivity contribution in [1.82, 2.24) is 36.4 Å². The Morgan fingerprint density at radius 3 is 1.63 bits per heavy atom. The van der Waals surface area contributed by atoms with Crippen LogP contribution in [0.25, 0.3) is 0 Å². The number of nitrogens with zero attached hydrogens (tertiary/aromatic N) is 2. The number of rotatable bonds is 40. The van der Waals surface area contributed by atoms with Crippen LogP contribution in [0.5, 0.6) is 0 Å². The predicted octanol–water partition coefficient (Wildman–Crippen LogP) is 6.71. The van der Waals surface area contributed by atoms with Gasteiger partial charge in [0.15, 0.2) is 5.78 Å². The lowest BCUT2D eigenvalue weighted by atomic mass is 10.0. The molecule has 0 aliphatic rings. The molecule has 15 nitrogen and oxygen atoms in total. The Hall–Kier alpha value is -3.34. The molecule has 0 rings (SSSR count). The van der Waals surface area contributed by atoms with E-state index in [9.17, 15) is 38.4 Å². The summed E-state index contributed by atoms with van der Waals surface area (Å²) in [4.78, 5) is 104. The summed E-state index contributed by atoms with van der Waals surface area (Å²) in [6, 6.07) is -1.73. The highest BCUT2D eigenvalue weighted by Crippen LogP contribution is 2.28. The number of ketones is 1. The molecule has 65 heavy (non-hydrogen) atoms. The highest BCUT2D eigenvalue weighted by molar-refractivity contribution is 8.76. The van der Waals surface area contributed by atoms with Gasteiger partial charge in [-0.05, 0) is 39.0 Å². The molecule has 0 saturated carbocycles. The lowest BCUT2D eigenvalue weighted by Gasteiger charge is -2.26. The van der Waals surface area contributed by atoms with Gasteiger partial charge in [0.2, 0.25) is 41.4 Å². The molecule has 0 heterocycles. The van der Waals surface area contributed by atoms with Crippen LogP contribution in [-0.4, -0.2) is 127 Å². The number of carbonyl (C=O) groups is 8. The molecule has 0 saturated heterocycles. The molecule has 7 amide bonds. The van der Waals surface area contributed by atoms with E-state index in [-0.39, 0.29) is 79.0 Å². The number of carbonyl (C=O) groups excluding carboxylic acids is 8. The molecule has 1 unspecified atom stereocenters. The number of hydrogen-bond donors (Lipinski definition) is 5. The predicted molar refractivity (Wildman–Crippen MR) is 266 cm³/mol. The zero-order valence-corrected chi connectivity index (χ0v) is 43.4. The Morgan fingerprint density at radius 1 is 0.508 bits per heavy atom. The SMILES string of the molecule is CCCCCCCCCCCCCCCC(=O)NCCC(=O)N(C)CC(=O)N[C@@H](CCCCNC(=O)CCC(C)SSCCNC(=O)C(C)C)C(=O)N(C)CC(=O)N[C@@H](C)C(=O)C(C)C. The van der Waals surface area contributed by atoms with Gasteiger partial charge < -0.3 is 36.4 Å². The summed E-state index contributed by atoms with van der Waals surface area (Å²) in [5, 5.41) is 14.2. The van der Waals surface area contributed by atoms with Gasteiger partial charge in [-0.2, -0.15) is 0 Å². The van der Waals surface area contributed by atoms with Crippen LogP contribution in [0.15, 0.2) is 0 Å². The quantitative estimate of drug-likeness (QED) is 0.0325. The molecule has 376 valence electrons. The lowest BCUT2D eigenvalue weighted by Crippen LogP contribution is -2.52. The van der Waals surface area contributed by atoms with Crippen LogP contribution in [0.3, 0.4) is 0 Å².